The molecule has 0 atom stereocenters. The molecule has 0 unspecified atom stereocenters. The first-order chi connectivity index (χ1) is 9.99. The normalized spacial score (nSPS) is 10.2. The lowest BCUT2D eigenvalue weighted by molar-refractivity contribution is 0.0745. The number of amides is 1. The first kappa shape index (κ1) is 17.3. The quantitative estimate of drug-likeness (QED) is 0.846. The number of rotatable bonds is 5. The number of aryl methyl sites for hydroxylation is 1. The van der Waals surface area contributed by atoms with Crippen molar-refractivity contribution in [1.29, 1.82) is 0 Å². The highest BCUT2D eigenvalue weighted by atomic mass is 16.2. The van der Waals surface area contributed by atoms with Gasteiger partial charge in [-0.1, -0.05) is 31.8 Å². The van der Waals surface area contributed by atoms with Crippen molar-refractivity contribution in [2.45, 2.75) is 34.1 Å². The number of carbonyl (C=O) groups is 1. The number of carbonyl (C=O) groups excluding carboxylic acids is 1. The van der Waals surface area contributed by atoms with Crippen molar-refractivity contribution >= 4 is 5.91 Å². The molecule has 21 heavy (non-hydrogen) atoms. The van der Waals surface area contributed by atoms with Crippen LogP contribution in [0.2, 0.25) is 0 Å². The maximum atomic E-state index is 12.5. The molecule has 0 aromatic heterocycles. The number of aliphatic hydroxyl groups is 1. The molecule has 0 bridgehead atoms. The number of aliphatic hydroxyl groups excluding tert-OH is 1. The van der Waals surface area contributed by atoms with Gasteiger partial charge in [0.1, 0.15) is 0 Å². The third kappa shape index (κ3) is 5.24. The van der Waals surface area contributed by atoms with Crippen LogP contribution < -0.4 is 0 Å². The van der Waals surface area contributed by atoms with Gasteiger partial charge in [0.05, 0.1) is 6.61 Å². The Morgan fingerprint density at radius 1 is 1.38 bits per heavy atom. The first-order valence-electron chi connectivity index (χ1n) is 7.49. The highest BCUT2D eigenvalue weighted by Crippen LogP contribution is 2.13. The third-order valence-corrected chi connectivity index (χ3v) is 3.20. The van der Waals surface area contributed by atoms with Gasteiger partial charge in [-0.3, -0.25) is 4.79 Å². The van der Waals surface area contributed by atoms with Gasteiger partial charge in [0.15, 0.2) is 0 Å². The molecule has 0 spiro atoms. The lowest BCUT2D eigenvalue weighted by Gasteiger charge is -2.23. The summed E-state index contributed by atoms with van der Waals surface area (Å²) in [6.07, 6.45) is 0.450. The molecule has 0 aliphatic carbocycles. The molecule has 3 heteroatoms. The van der Waals surface area contributed by atoms with Gasteiger partial charge in [-0.05, 0) is 37.5 Å². The fourth-order valence-electron chi connectivity index (χ4n) is 2.08. The second kappa shape index (κ2) is 8.49. The molecule has 0 aliphatic heterocycles. The highest BCUT2D eigenvalue weighted by Gasteiger charge is 2.15. The highest BCUT2D eigenvalue weighted by molar-refractivity contribution is 5.94. The Labute approximate surface area is 128 Å². The van der Waals surface area contributed by atoms with Crippen molar-refractivity contribution in [2.75, 3.05) is 19.7 Å². The van der Waals surface area contributed by atoms with E-state index in [1.165, 1.54) is 0 Å². The van der Waals surface area contributed by atoms with Crippen LogP contribution in [0.15, 0.2) is 18.2 Å². The number of nitrogens with zero attached hydrogens (tertiary/aromatic N) is 1. The van der Waals surface area contributed by atoms with Crippen LogP contribution in [0, 0.1) is 24.7 Å². The third-order valence-electron chi connectivity index (χ3n) is 3.20. The van der Waals surface area contributed by atoms with E-state index in [2.05, 4.69) is 25.7 Å². The summed E-state index contributed by atoms with van der Waals surface area (Å²) in [7, 11) is 0. The van der Waals surface area contributed by atoms with Crippen molar-refractivity contribution in [1.82, 2.24) is 4.90 Å². The minimum atomic E-state index is 0.0522. The van der Waals surface area contributed by atoms with E-state index < -0.39 is 0 Å². The summed E-state index contributed by atoms with van der Waals surface area (Å²) in [6, 6.07) is 5.64. The molecule has 0 saturated heterocycles. The van der Waals surface area contributed by atoms with Crippen LogP contribution in [0.1, 0.15) is 48.7 Å². The van der Waals surface area contributed by atoms with Crippen LogP contribution in [0.4, 0.5) is 0 Å². The molecular formula is C18H25NO2. The molecule has 3 nitrogen and oxygen atoms in total. The average molecular weight is 287 g/mol. The fraction of sp³-hybridized carbons (Fsp3) is 0.500. The van der Waals surface area contributed by atoms with Crippen molar-refractivity contribution in [3.63, 3.8) is 0 Å². The summed E-state index contributed by atoms with van der Waals surface area (Å²) < 4.78 is 0. The zero-order valence-corrected chi connectivity index (χ0v) is 13.4. The molecule has 114 valence electrons. The maximum Gasteiger partial charge on any atom is 0.253 e. The van der Waals surface area contributed by atoms with Crippen LogP contribution in [-0.2, 0) is 0 Å². The van der Waals surface area contributed by atoms with Crippen molar-refractivity contribution in [3.05, 3.63) is 34.9 Å². The first-order valence-corrected chi connectivity index (χ1v) is 7.49. The Hall–Kier alpha value is -1.79. The Morgan fingerprint density at radius 3 is 2.67 bits per heavy atom. The smallest absolute Gasteiger partial charge is 0.253 e. The Balaban J connectivity index is 3.00. The van der Waals surface area contributed by atoms with Crippen molar-refractivity contribution < 1.29 is 9.90 Å². The molecule has 0 aliphatic rings. The predicted molar refractivity (Wildman–Crippen MR) is 86.2 cm³/mol. The van der Waals surface area contributed by atoms with E-state index >= 15 is 0 Å². The second-order valence-corrected chi connectivity index (χ2v) is 5.54. The van der Waals surface area contributed by atoms with E-state index in [1.807, 2.05) is 36.9 Å². The van der Waals surface area contributed by atoms with Gasteiger partial charge in [-0.15, -0.1) is 0 Å². The largest absolute Gasteiger partial charge is 0.395 e. The molecule has 0 radical (unpaired) electrons. The molecule has 1 rings (SSSR count). The SMILES string of the molecule is CCN(CC(C)C)C(=O)c1ccc(C)c(C#CCCO)c1. The fourth-order valence-corrected chi connectivity index (χ4v) is 2.08. The van der Waals surface area contributed by atoms with E-state index in [0.717, 1.165) is 17.7 Å². The molecule has 1 amide bonds. The standard InChI is InChI=1S/C18H25NO2/c1-5-19(13-14(2)3)18(21)17-10-9-15(4)16(12-17)8-6-7-11-20/h9-10,12,14,20H,5,7,11,13H2,1-4H3. The molecule has 1 N–H and O–H groups in total. The number of hydrogen-bond donors (Lipinski definition) is 1. The topological polar surface area (TPSA) is 40.5 Å². The van der Waals surface area contributed by atoms with E-state index in [0.29, 0.717) is 24.4 Å². The minimum absolute atomic E-state index is 0.0522. The van der Waals surface area contributed by atoms with E-state index in [1.54, 1.807) is 0 Å². The van der Waals surface area contributed by atoms with E-state index in [4.69, 9.17) is 5.11 Å². The van der Waals surface area contributed by atoms with Crippen molar-refractivity contribution in [3.8, 4) is 11.8 Å². The molecule has 0 saturated carbocycles. The summed E-state index contributed by atoms with van der Waals surface area (Å²) in [5, 5.41) is 8.78. The monoisotopic (exact) mass is 287 g/mol. The van der Waals surface area contributed by atoms with Crippen LogP contribution in [0.5, 0.6) is 0 Å². The molecule has 0 heterocycles. The van der Waals surface area contributed by atoms with Crippen molar-refractivity contribution in [2.24, 2.45) is 5.92 Å². The zero-order valence-electron chi connectivity index (χ0n) is 13.4. The van der Waals surface area contributed by atoms with Gasteiger partial charge < -0.3 is 10.0 Å². The van der Waals surface area contributed by atoms with Crippen LogP contribution in [0.3, 0.4) is 0 Å². The van der Waals surface area contributed by atoms with Crippen LogP contribution in [0.25, 0.3) is 0 Å². The Kier molecular flexibility index (Phi) is 6.98. The predicted octanol–water partition coefficient (Wildman–Crippen LogP) is 2.85. The van der Waals surface area contributed by atoms with Crippen LogP contribution in [-0.4, -0.2) is 35.6 Å². The van der Waals surface area contributed by atoms with Gasteiger partial charge in [0.25, 0.3) is 5.91 Å². The second-order valence-electron chi connectivity index (χ2n) is 5.54. The lowest BCUT2D eigenvalue weighted by Crippen LogP contribution is -2.34. The molecule has 1 aromatic rings. The molecular weight excluding hydrogens is 262 g/mol. The van der Waals surface area contributed by atoms with Gasteiger partial charge in [0, 0.05) is 30.6 Å². The van der Waals surface area contributed by atoms with Gasteiger partial charge in [0.2, 0.25) is 0 Å². The number of benzene rings is 1. The summed E-state index contributed by atoms with van der Waals surface area (Å²) >= 11 is 0. The number of hydrogen-bond acceptors (Lipinski definition) is 2. The van der Waals surface area contributed by atoms with Gasteiger partial charge in [-0.25, -0.2) is 0 Å². The van der Waals surface area contributed by atoms with Gasteiger partial charge in [-0.2, -0.15) is 0 Å². The van der Waals surface area contributed by atoms with E-state index in [9.17, 15) is 4.79 Å². The average Bonchev–Trinajstić information content (AvgIpc) is 2.46. The minimum Gasteiger partial charge on any atom is -0.395 e. The summed E-state index contributed by atoms with van der Waals surface area (Å²) in [5.41, 5.74) is 2.58. The lowest BCUT2D eigenvalue weighted by atomic mass is 10.0. The zero-order chi connectivity index (χ0) is 15.8. The maximum absolute atomic E-state index is 12.5. The Bertz CT molecular complexity index is 538. The van der Waals surface area contributed by atoms with E-state index in [-0.39, 0.29) is 12.5 Å². The summed E-state index contributed by atoms with van der Waals surface area (Å²) in [6.45, 7) is 9.71. The molecule has 0 fully saturated rings. The molecule has 1 aromatic carbocycles. The van der Waals surface area contributed by atoms with Crippen LogP contribution >= 0.6 is 0 Å². The summed E-state index contributed by atoms with van der Waals surface area (Å²) in [5.74, 6) is 6.43. The van der Waals surface area contributed by atoms with Gasteiger partial charge >= 0.3 is 0 Å². The Morgan fingerprint density at radius 2 is 2.10 bits per heavy atom. The summed E-state index contributed by atoms with van der Waals surface area (Å²) in [4.78, 5) is 14.4.